The molecule has 1 aliphatic rings. The Kier molecular flexibility index (Phi) is 3.50. The average molecular weight is 324 g/mol. The summed E-state index contributed by atoms with van der Waals surface area (Å²) >= 11 is 1.22. The zero-order valence-corrected chi connectivity index (χ0v) is 13.3. The highest BCUT2D eigenvalue weighted by atomic mass is 32.1. The molecule has 1 aliphatic carbocycles. The largest absolute Gasteiger partial charge is 0.477 e. The van der Waals surface area contributed by atoms with Gasteiger partial charge in [-0.25, -0.2) is 9.78 Å². The molecule has 5 heteroatoms. The molecule has 0 radical (unpaired) electrons. The number of carboxylic acid groups (broad SMARTS) is 1. The maximum absolute atomic E-state index is 11.3. The second-order valence-corrected chi connectivity index (χ2v) is 6.71. The molecule has 0 aliphatic heterocycles. The summed E-state index contributed by atoms with van der Waals surface area (Å²) in [4.78, 5) is 17.1. The number of carbonyl (C=O) groups is 1. The number of nitrogens with zero attached hydrogens (tertiary/aromatic N) is 2. The minimum Gasteiger partial charge on any atom is -0.477 e. The van der Waals surface area contributed by atoms with Gasteiger partial charge in [0.25, 0.3) is 0 Å². The standard InChI is InChI=1S/C18H16N2O2S/c21-17(22)14-11-20-16(13-9-5-2-6-10-13)15(19-18(20)23-14)12-7-3-1-4-8-12/h1,3-4,7-9,11H,2,5-6,10H2,(H,21,22). The number of hydrogen-bond acceptors (Lipinski definition) is 3. The van der Waals surface area contributed by atoms with Crippen molar-refractivity contribution < 1.29 is 9.90 Å². The fourth-order valence-corrected chi connectivity index (χ4v) is 3.92. The van der Waals surface area contributed by atoms with Crippen LogP contribution in [0.25, 0.3) is 21.8 Å². The average Bonchev–Trinajstić information content (AvgIpc) is 3.14. The zero-order valence-electron chi connectivity index (χ0n) is 12.5. The van der Waals surface area contributed by atoms with Crippen LogP contribution in [0.5, 0.6) is 0 Å². The first-order valence-electron chi connectivity index (χ1n) is 7.74. The monoisotopic (exact) mass is 324 g/mol. The predicted octanol–water partition coefficient (Wildman–Crippen LogP) is 4.72. The summed E-state index contributed by atoms with van der Waals surface area (Å²) in [6.45, 7) is 0. The van der Waals surface area contributed by atoms with Crippen LogP contribution in [0.3, 0.4) is 0 Å². The highest BCUT2D eigenvalue weighted by Gasteiger charge is 2.21. The van der Waals surface area contributed by atoms with Crippen LogP contribution in [0.2, 0.25) is 0 Å². The van der Waals surface area contributed by atoms with Crippen molar-refractivity contribution in [1.29, 1.82) is 0 Å². The minimum atomic E-state index is -0.898. The second kappa shape index (κ2) is 5.66. The van der Waals surface area contributed by atoms with E-state index in [1.807, 2.05) is 22.6 Å². The molecule has 3 aromatic rings. The number of rotatable bonds is 3. The molecule has 4 nitrogen and oxygen atoms in total. The first kappa shape index (κ1) is 14.2. The number of aromatic nitrogens is 2. The van der Waals surface area contributed by atoms with Gasteiger partial charge >= 0.3 is 5.97 Å². The van der Waals surface area contributed by atoms with Crippen molar-refractivity contribution in [2.24, 2.45) is 0 Å². The Morgan fingerprint density at radius 3 is 2.74 bits per heavy atom. The molecule has 0 fully saturated rings. The van der Waals surface area contributed by atoms with Gasteiger partial charge in [0.05, 0.1) is 11.4 Å². The van der Waals surface area contributed by atoms with E-state index >= 15 is 0 Å². The number of aromatic carboxylic acids is 1. The first-order chi connectivity index (χ1) is 11.2. The van der Waals surface area contributed by atoms with Gasteiger partial charge in [0, 0.05) is 11.8 Å². The third-order valence-electron chi connectivity index (χ3n) is 4.18. The summed E-state index contributed by atoms with van der Waals surface area (Å²) in [5, 5.41) is 9.25. The van der Waals surface area contributed by atoms with Crippen molar-refractivity contribution in [3.05, 3.63) is 53.2 Å². The zero-order chi connectivity index (χ0) is 15.8. The van der Waals surface area contributed by atoms with Crippen LogP contribution in [-0.2, 0) is 0 Å². The van der Waals surface area contributed by atoms with Crippen LogP contribution in [0.4, 0.5) is 0 Å². The van der Waals surface area contributed by atoms with Gasteiger partial charge in [-0.3, -0.25) is 4.40 Å². The molecule has 0 spiro atoms. The van der Waals surface area contributed by atoms with Crippen molar-refractivity contribution in [3.8, 4) is 11.3 Å². The normalized spacial score (nSPS) is 14.9. The number of thiazole rings is 1. The molecule has 2 heterocycles. The topological polar surface area (TPSA) is 54.6 Å². The van der Waals surface area contributed by atoms with E-state index in [1.54, 1.807) is 6.20 Å². The molecule has 23 heavy (non-hydrogen) atoms. The maximum atomic E-state index is 11.3. The summed E-state index contributed by atoms with van der Waals surface area (Å²) in [5.74, 6) is -0.898. The smallest absolute Gasteiger partial charge is 0.347 e. The number of imidazole rings is 1. The van der Waals surface area contributed by atoms with Gasteiger partial charge in [-0.2, -0.15) is 0 Å². The summed E-state index contributed by atoms with van der Waals surface area (Å²) in [5.41, 5.74) is 4.34. The molecule has 116 valence electrons. The maximum Gasteiger partial charge on any atom is 0.347 e. The molecule has 0 atom stereocenters. The minimum absolute atomic E-state index is 0.324. The summed E-state index contributed by atoms with van der Waals surface area (Å²) in [6.07, 6.45) is 8.46. The Hall–Kier alpha value is -2.40. The molecule has 1 N–H and O–H groups in total. The SMILES string of the molecule is O=C(O)c1cn2c(C3=CCCCC3)c(-c3ccccc3)nc2s1. The predicted molar refractivity (Wildman–Crippen MR) is 91.9 cm³/mol. The van der Waals surface area contributed by atoms with Gasteiger partial charge in [0.2, 0.25) is 0 Å². The van der Waals surface area contributed by atoms with E-state index in [4.69, 9.17) is 4.98 Å². The van der Waals surface area contributed by atoms with E-state index in [0.29, 0.717) is 4.88 Å². The fraction of sp³-hybridized carbons (Fsp3) is 0.222. The highest BCUT2D eigenvalue weighted by Crippen LogP contribution is 2.36. The Bertz CT molecular complexity index is 906. The summed E-state index contributed by atoms with van der Waals surface area (Å²) in [6, 6.07) is 10.1. The molecule has 4 rings (SSSR count). The van der Waals surface area contributed by atoms with Crippen molar-refractivity contribution in [2.75, 3.05) is 0 Å². The van der Waals surface area contributed by atoms with Crippen LogP contribution in [0, 0.1) is 0 Å². The molecular weight excluding hydrogens is 308 g/mol. The van der Waals surface area contributed by atoms with E-state index in [9.17, 15) is 9.90 Å². The van der Waals surface area contributed by atoms with E-state index in [0.717, 1.165) is 34.8 Å². The van der Waals surface area contributed by atoms with Crippen LogP contribution in [-0.4, -0.2) is 20.5 Å². The van der Waals surface area contributed by atoms with Crippen LogP contribution >= 0.6 is 11.3 Å². The molecule has 1 aromatic carbocycles. The van der Waals surface area contributed by atoms with Crippen molar-refractivity contribution in [3.63, 3.8) is 0 Å². The second-order valence-electron chi connectivity index (χ2n) is 5.70. The Morgan fingerprint density at radius 1 is 1.22 bits per heavy atom. The fourth-order valence-electron chi connectivity index (χ4n) is 3.10. The van der Waals surface area contributed by atoms with E-state index in [-0.39, 0.29) is 0 Å². The van der Waals surface area contributed by atoms with Crippen LogP contribution in [0.15, 0.2) is 42.6 Å². The van der Waals surface area contributed by atoms with Crippen LogP contribution < -0.4 is 0 Å². The molecule has 0 saturated heterocycles. The first-order valence-corrected chi connectivity index (χ1v) is 8.55. The van der Waals surface area contributed by atoms with Gasteiger partial charge in [-0.15, -0.1) is 0 Å². The lowest BCUT2D eigenvalue weighted by molar-refractivity contribution is 0.0702. The Morgan fingerprint density at radius 2 is 2.04 bits per heavy atom. The number of allylic oxidation sites excluding steroid dienone is 2. The van der Waals surface area contributed by atoms with E-state index in [2.05, 4.69) is 18.2 Å². The van der Waals surface area contributed by atoms with Crippen molar-refractivity contribution in [2.45, 2.75) is 25.7 Å². The van der Waals surface area contributed by atoms with Crippen LogP contribution in [0.1, 0.15) is 41.0 Å². The van der Waals surface area contributed by atoms with Gasteiger partial charge in [0.15, 0.2) is 4.96 Å². The number of hydrogen-bond donors (Lipinski definition) is 1. The lowest BCUT2D eigenvalue weighted by Gasteiger charge is -2.13. The third-order valence-corrected chi connectivity index (χ3v) is 5.15. The molecule has 0 bridgehead atoms. The van der Waals surface area contributed by atoms with E-state index < -0.39 is 5.97 Å². The lowest BCUT2D eigenvalue weighted by atomic mass is 9.94. The molecule has 0 unspecified atom stereocenters. The van der Waals surface area contributed by atoms with Crippen molar-refractivity contribution >= 4 is 27.8 Å². The highest BCUT2D eigenvalue weighted by molar-refractivity contribution is 7.18. The Balaban J connectivity index is 1.97. The quantitative estimate of drug-likeness (QED) is 0.758. The van der Waals surface area contributed by atoms with Gasteiger partial charge in [-0.1, -0.05) is 47.7 Å². The van der Waals surface area contributed by atoms with Crippen molar-refractivity contribution in [1.82, 2.24) is 9.38 Å². The summed E-state index contributed by atoms with van der Waals surface area (Å²) < 4.78 is 1.95. The number of benzene rings is 1. The van der Waals surface area contributed by atoms with Gasteiger partial charge < -0.3 is 5.11 Å². The Labute approximate surface area is 137 Å². The van der Waals surface area contributed by atoms with E-state index in [1.165, 1.54) is 29.8 Å². The third kappa shape index (κ3) is 2.47. The summed E-state index contributed by atoms with van der Waals surface area (Å²) in [7, 11) is 0. The molecule has 2 aromatic heterocycles. The lowest BCUT2D eigenvalue weighted by Crippen LogP contribution is -1.98. The molecule has 0 amide bonds. The number of fused-ring (bicyclic) bond motifs is 1. The number of carboxylic acids is 1. The molecule has 0 saturated carbocycles. The molecular formula is C18H16N2O2S. The van der Waals surface area contributed by atoms with Gasteiger partial charge in [-0.05, 0) is 31.3 Å². The van der Waals surface area contributed by atoms with Gasteiger partial charge in [0.1, 0.15) is 4.88 Å².